The Bertz CT molecular complexity index is 537. The highest BCUT2D eigenvalue weighted by Crippen LogP contribution is 2.30. The van der Waals surface area contributed by atoms with Crippen molar-refractivity contribution in [3.63, 3.8) is 0 Å². The Morgan fingerprint density at radius 3 is 2.78 bits per heavy atom. The maximum Gasteiger partial charge on any atom is 0.138 e. The van der Waals surface area contributed by atoms with Crippen LogP contribution in [0.15, 0.2) is 35.1 Å². The Morgan fingerprint density at radius 1 is 1.39 bits per heavy atom. The fourth-order valence-electron chi connectivity index (χ4n) is 1.99. The van der Waals surface area contributed by atoms with Gasteiger partial charge in [0.1, 0.15) is 12.2 Å². The molecule has 0 bridgehead atoms. The fourth-order valence-corrected chi connectivity index (χ4v) is 2.70. The second kappa shape index (κ2) is 5.20. The molecule has 0 fully saturated rings. The van der Waals surface area contributed by atoms with Gasteiger partial charge in [-0.05, 0) is 25.5 Å². The molecule has 1 unspecified atom stereocenters. The van der Waals surface area contributed by atoms with Crippen LogP contribution < -0.4 is 0 Å². The number of hydrogen-bond donors (Lipinski definition) is 1. The van der Waals surface area contributed by atoms with Crippen molar-refractivity contribution in [3.05, 3.63) is 46.5 Å². The van der Waals surface area contributed by atoms with Crippen molar-refractivity contribution in [2.24, 2.45) is 0 Å². The molecule has 0 saturated heterocycles. The molecule has 96 valence electrons. The lowest BCUT2D eigenvalue weighted by atomic mass is 9.92. The van der Waals surface area contributed by atoms with Gasteiger partial charge in [-0.1, -0.05) is 34.1 Å². The van der Waals surface area contributed by atoms with E-state index < -0.39 is 5.60 Å². The SMILES string of the molecule is CCn1ncnc1CC(C)(O)c1ccccc1Br. The van der Waals surface area contributed by atoms with Gasteiger partial charge in [-0.15, -0.1) is 0 Å². The molecule has 0 aliphatic rings. The Kier molecular flexibility index (Phi) is 3.82. The lowest BCUT2D eigenvalue weighted by molar-refractivity contribution is 0.0535. The predicted octanol–water partition coefficient (Wildman–Crippen LogP) is 2.51. The number of nitrogens with zero attached hydrogens (tertiary/aromatic N) is 3. The molecule has 0 spiro atoms. The first-order valence-electron chi connectivity index (χ1n) is 5.88. The van der Waals surface area contributed by atoms with E-state index in [0.717, 1.165) is 22.4 Å². The summed E-state index contributed by atoms with van der Waals surface area (Å²) >= 11 is 3.47. The van der Waals surface area contributed by atoms with E-state index in [1.165, 1.54) is 6.33 Å². The molecule has 5 heteroatoms. The molecule has 1 heterocycles. The van der Waals surface area contributed by atoms with Gasteiger partial charge in [-0.2, -0.15) is 5.10 Å². The molecular weight excluding hydrogens is 294 g/mol. The van der Waals surface area contributed by atoms with Gasteiger partial charge in [0.15, 0.2) is 0 Å². The third kappa shape index (κ3) is 2.62. The van der Waals surface area contributed by atoms with E-state index >= 15 is 0 Å². The molecule has 1 N–H and O–H groups in total. The molecule has 2 aromatic rings. The van der Waals surface area contributed by atoms with Crippen LogP contribution in [-0.4, -0.2) is 19.9 Å². The van der Waals surface area contributed by atoms with Gasteiger partial charge < -0.3 is 5.11 Å². The molecule has 0 aliphatic carbocycles. The standard InChI is InChI=1S/C13H16BrN3O/c1-3-17-12(15-9-16-17)8-13(2,18)10-6-4-5-7-11(10)14/h4-7,9,18H,3,8H2,1-2H3. The molecule has 18 heavy (non-hydrogen) atoms. The number of aryl methyl sites for hydroxylation is 1. The fraction of sp³-hybridized carbons (Fsp3) is 0.385. The highest BCUT2D eigenvalue weighted by Gasteiger charge is 2.27. The van der Waals surface area contributed by atoms with Crippen LogP contribution in [0.2, 0.25) is 0 Å². The van der Waals surface area contributed by atoms with Crippen molar-refractivity contribution in [1.82, 2.24) is 14.8 Å². The predicted molar refractivity (Wildman–Crippen MR) is 73.1 cm³/mol. The zero-order chi connectivity index (χ0) is 13.2. The maximum atomic E-state index is 10.6. The first-order valence-corrected chi connectivity index (χ1v) is 6.68. The topological polar surface area (TPSA) is 50.9 Å². The number of aliphatic hydroxyl groups is 1. The van der Waals surface area contributed by atoms with Crippen LogP contribution in [0.5, 0.6) is 0 Å². The third-order valence-corrected chi connectivity index (χ3v) is 3.64. The number of halogens is 1. The van der Waals surface area contributed by atoms with Crippen LogP contribution in [0, 0.1) is 0 Å². The Hall–Kier alpha value is -1.20. The lowest BCUT2D eigenvalue weighted by Crippen LogP contribution is -2.26. The van der Waals surface area contributed by atoms with E-state index in [9.17, 15) is 5.11 Å². The van der Waals surface area contributed by atoms with Crippen LogP contribution in [0.3, 0.4) is 0 Å². The maximum absolute atomic E-state index is 10.6. The zero-order valence-corrected chi connectivity index (χ0v) is 12.1. The van der Waals surface area contributed by atoms with E-state index in [4.69, 9.17) is 0 Å². The molecule has 0 amide bonds. The number of aromatic nitrogens is 3. The molecule has 1 aromatic carbocycles. The molecule has 4 nitrogen and oxygen atoms in total. The highest BCUT2D eigenvalue weighted by atomic mass is 79.9. The molecule has 2 rings (SSSR count). The van der Waals surface area contributed by atoms with Crippen LogP contribution >= 0.6 is 15.9 Å². The lowest BCUT2D eigenvalue weighted by Gasteiger charge is -2.24. The van der Waals surface area contributed by atoms with Crippen LogP contribution in [0.1, 0.15) is 25.2 Å². The summed E-state index contributed by atoms with van der Waals surface area (Å²) in [5.74, 6) is 0.790. The van der Waals surface area contributed by atoms with Crippen LogP contribution in [0.25, 0.3) is 0 Å². The Labute approximate surface area is 115 Å². The summed E-state index contributed by atoms with van der Waals surface area (Å²) in [5.41, 5.74) is -0.115. The van der Waals surface area contributed by atoms with Crippen molar-refractivity contribution in [1.29, 1.82) is 0 Å². The number of hydrogen-bond acceptors (Lipinski definition) is 3. The van der Waals surface area contributed by atoms with Crippen molar-refractivity contribution in [2.75, 3.05) is 0 Å². The molecule has 1 atom stereocenters. The van der Waals surface area contributed by atoms with E-state index in [1.807, 2.05) is 31.2 Å². The van der Waals surface area contributed by atoms with Gasteiger partial charge >= 0.3 is 0 Å². The highest BCUT2D eigenvalue weighted by molar-refractivity contribution is 9.10. The third-order valence-electron chi connectivity index (χ3n) is 2.95. The summed E-state index contributed by atoms with van der Waals surface area (Å²) in [5, 5.41) is 14.8. The molecule has 1 aromatic heterocycles. The second-order valence-corrected chi connectivity index (χ2v) is 5.28. The average molecular weight is 310 g/mol. The normalized spacial score (nSPS) is 14.4. The Balaban J connectivity index is 2.30. The second-order valence-electron chi connectivity index (χ2n) is 4.42. The van der Waals surface area contributed by atoms with Gasteiger partial charge in [0, 0.05) is 17.4 Å². The van der Waals surface area contributed by atoms with E-state index in [-0.39, 0.29) is 0 Å². The minimum atomic E-state index is -0.972. The molecule has 0 radical (unpaired) electrons. The van der Waals surface area contributed by atoms with Gasteiger partial charge in [-0.25, -0.2) is 4.98 Å². The first-order chi connectivity index (χ1) is 8.54. The van der Waals surface area contributed by atoms with Crippen LogP contribution in [0.4, 0.5) is 0 Å². The number of rotatable bonds is 4. The van der Waals surface area contributed by atoms with E-state index in [2.05, 4.69) is 26.0 Å². The van der Waals surface area contributed by atoms with Gasteiger partial charge in [0.2, 0.25) is 0 Å². The van der Waals surface area contributed by atoms with Crippen molar-refractivity contribution < 1.29 is 5.11 Å². The number of benzene rings is 1. The monoisotopic (exact) mass is 309 g/mol. The van der Waals surface area contributed by atoms with Crippen molar-refractivity contribution in [3.8, 4) is 0 Å². The Morgan fingerprint density at radius 2 is 2.11 bits per heavy atom. The summed E-state index contributed by atoms with van der Waals surface area (Å²) in [6.07, 6.45) is 1.96. The largest absolute Gasteiger partial charge is 0.385 e. The summed E-state index contributed by atoms with van der Waals surface area (Å²) in [6, 6.07) is 7.68. The van der Waals surface area contributed by atoms with Crippen molar-refractivity contribution in [2.45, 2.75) is 32.4 Å². The zero-order valence-electron chi connectivity index (χ0n) is 10.5. The van der Waals surface area contributed by atoms with Gasteiger partial charge in [-0.3, -0.25) is 4.68 Å². The average Bonchev–Trinajstić information content (AvgIpc) is 2.76. The molecule has 0 saturated carbocycles. The van der Waals surface area contributed by atoms with E-state index in [0.29, 0.717) is 6.42 Å². The van der Waals surface area contributed by atoms with Gasteiger partial charge in [0.05, 0.1) is 5.60 Å². The summed E-state index contributed by atoms with van der Waals surface area (Å²) < 4.78 is 2.70. The van der Waals surface area contributed by atoms with Gasteiger partial charge in [0.25, 0.3) is 0 Å². The minimum Gasteiger partial charge on any atom is -0.385 e. The first kappa shape index (κ1) is 13.2. The molecular formula is C13H16BrN3O. The summed E-state index contributed by atoms with van der Waals surface area (Å²) in [6.45, 7) is 4.55. The summed E-state index contributed by atoms with van der Waals surface area (Å²) in [4.78, 5) is 4.20. The van der Waals surface area contributed by atoms with E-state index in [1.54, 1.807) is 11.6 Å². The summed E-state index contributed by atoms with van der Waals surface area (Å²) in [7, 11) is 0. The molecule has 0 aliphatic heterocycles. The minimum absolute atomic E-state index is 0.434. The van der Waals surface area contributed by atoms with Crippen molar-refractivity contribution >= 4 is 15.9 Å². The van der Waals surface area contributed by atoms with Crippen LogP contribution in [-0.2, 0) is 18.6 Å². The quantitative estimate of drug-likeness (QED) is 0.944. The smallest absolute Gasteiger partial charge is 0.138 e.